The van der Waals surface area contributed by atoms with Crippen LogP contribution >= 0.6 is 0 Å². The molecule has 0 aliphatic carbocycles. The van der Waals surface area contributed by atoms with Crippen LogP contribution < -0.4 is 5.63 Å². The summed E-state index contributed by atoms with van der Waals surface area (Å²) in [7, 11) is -4.67. The Bertz CT molecular complexity index is 663. The van der Waals surface area contributed by atoms with E-state index in [9.17, 15) is 4.79 Å². The van der Waals surface area contributed by atoms with Crippen molar-refractivity contribution in [1.82, 2.24) is 0 Å². The summed E-state index contributed by atoms with van der Waals surface area (Å²) >= 11 is 0. The van der Waals surface area contributed by atoms with Crippen molar-refractivity contribution in [3.63, 3.8) is 0 Å². The van der Waals surface area contributed by atoms with Gasteiger partial charge in [0.2, 0.25) is 0 Å². The minimum absolute atomic E-state index is 0.0943. The molecule has 0 radical (unpaired) electrons. The summed E-state index contributed by atoms with van der Waals surface area (Å²) < 4.78 is 36.4. The average Bonchev–Trinajstić information content (AvgIpc) is 2.14. The Morgan fingerprint density at radius 2 is 1.59 bits per heavy atom. The van der Waals surface area contributed by atoms with Gasteiger partial charge in [-0.15, -0.1) is 0 Å². The molecule has 0 atom stereocenters. The first-order valence-electron chi connectivity index (χ1n) is 4.18. The van der Waals surface area contributed by atoms with Gasteiger partial charge in [0.25, 0.3) is 0 Å². The van der Waals surface area contributed by atoms with Gasteiger partial charge in [-0.3, -0.25) is 9.11 Å². The van der Waals surface area contributed by atoms with Gasteiger partial charge in [0.15, 0.2) is 0 Å². The van der Waals surface area contributed by atoms with Crippen molar-refractivity contribution < 1.29 is 27.0 Å². The van der Waals surface area contributed by atoms with E-state index in [2.05, 4.69) is 0 Å². The smallest absolute Gasteiger partial charge is 0.394 e. The monoisotopic (exact) mass is 260 g/mol. The van der Waals surface area contributed by atoms with E-state index in [-0.39, 0.29) is 5.75 Å². The second-order valence-corrected chi connectivity index (χ2v) is 3.82. The zero-order valence-electron chi connectivity index (χ0n) is 8.27. The molecular weight excluding hydrogens is 252 g/mol. The van der Waals surface area contributed by atoms with Crippen molar-refractivity contribution in [2.75, 3.05) is 0 Å². The van der Waals surface area contributed by atoms with E-state index in [1.165, 1.54) is 12.1 Å². The number of benzene rings is 1. The van der Waals surface area contributed by atoms with Crippen molar-refractivity contribution in [2.45, 2.75) is 0 Å². The van der Waals surface area contributed by atoms with Crippen LogP contribution in [0, 0.1) is 0 Å². The van der Waals surface area contributed by atoms with Gasteiger partial charge in [0.1, 0.15) is 11.3 Å². The average molecular weight is 260 g/mol. The van der Waals surface area contributed by atoms with E-state index in [1.54, 1.807) is 18.2 Å². The van der Waals surface area contributed by atoms with Crippen molar-refractivity contribution in [1.29, 1.82) is 0 Å². The Labute approximate surface area is 95.5 Å². The van der Waals surface area contributed by atoms with Crippen LogP contribution in [0.15, 0.2) is 39.5 Å². The molecule has 0 fully saturated rings. The summed E-state index contributed by atoms with van der Waals surface area (Å²) in [4.78, 5) is 10.7. The predicted octanol–water partition coefficient (Wildman–Crippen LogP) is 0.846. The van der Waals surface area contributed by atoms with Crippen molar-refractivity contribution in [3.05, 3.63) is 40.8 Å². The maximum atomic E-state index is 10.7. The highest BCUT2D eigenvalue weighted by molar-refractivity contribution is 7.79. The third-order valence-corrected chi connectivity index (χ3v) is 1.61. The lowest BCUT2D eigenvalue weighted by Gasteiger charge is -1.94. The largest absolute Gasteiger partial charge is 0.508 e. The van der Waals surface area contributed by atoms with Gasteiger partial charge in [0.05, 0.1) is 0 Å². The van der Waals surface area contributed by atoms with Gasteiger partial charge in [-0.05, 0) is 18.2 Å². The second kappa shape index (κ2) is 4.95. The molecule has 3 N–H and O–H groups in total. The van der Waals surface area contributed by atoms with E-state index >= 15 is 0 Å². The number of aromatic hydroxyl groups is 1. The van der Waals surface area contributed by atoms with Gasteiger partial charge in [-0.1, -0.05) is 0 Å². The van der Waals surface area contributed by atoms with Gasteiger partial charge in [-0.2, -0.15) is 8.42 Å². The molecule has 0 aliphatic heterocycles. The van der Waals surface area contributed by atoms with Gasteiger partial charge in [-0.25, -0.2) is 4.79 Å². The first-order chi connectivity index (χ1) is 7.75. The molecule has 1 aromatic carbocycles. The molecule has 0 saturated carbocycles. The summed E-state index contributed by atoms with van der Waals surface area (Å²) in [5.74, 6) is 0.0943. The van der Waals surface area contributed by atoms with Crippen LogP contribution in [0.1, 0.15) is 0 Å². The van der Waals surface area contributed by atoms with Crippen LogP contribution in [0.4, 0.5) is 0 Å². The highest BCUT2D eigenvalue weighted by atomic mass is 32.3. The molecule has 0 spiro atoms. The number of hydrogen-bond donors (Lipinski definition) is 3. The van der Waals surface area contributed by atoms with Crippen LogP contribution in [0.5, 0.6) is 5.75 Å². The minimum atomic E-state index is -4.67. The van der Waals surface area contributed by atoms with Gasteiger partial charge < -0.3 is 9.52 Å². The zero-order chi connectivity index (χ0) is 13.1. The molecular formula is C9H8O7S. The van der Waals surface area contributed by atoms with Gasteiger partial charge >= 0.3 is 16.0 Å². The summed E-state index contributed by atoms with van der Waals surface area (Å²) in [6.45, 7) is 0. The van der Waals surface area contributed by atoms with Gasteiger partial charge in [0, 0.05) is 17.5 Å². The quantitative estimate of drug-likeness (QED) is 0.473. The van der Waals surface area contributed by atoms with Crippen molar-refractivity contribution >= 4 is 21.4 Å². The Balaban J connectivity index is 0.000000249. The highest BCUT2D eigenvalue weighted by Crippen LogP contribution is 2.17. The molecule has 2 rings (SSSR count). The molecule has 8 heteroatoms. The maximum Gasteiger partial charge on any atom is 0.394 e. The molecule has 0 amide bonds. The van der Waals surface area contributed by atoms with Crippen LogP contribution in [0.25, 0.3) is 11.0 Å². The molecule has 0 aliphatic rings. The SMILES string of the molecule is O=S(=O)(O)O.O=c1ccc2ccc(O)cc2o1. The molecule has 1 aromatic heterocycles. The standard InChI is InChI=1S/C9H6O3.H2O4S/c10-7-3-1-6-2-4-9(11)12-8(6)5-7;1-5(2,3)4/h1-5,10H;(H2,1,2,3,4). The van der Waals surface area contributed by atoms with Crippen LogP contribution in [0.2, 0.25) is 0 Å². The number of fused-ring (bicyclic) bond motifs is 1. The molecule has 0 unspecified atom stereocenters. The van der Waals surface area contributed by atoms with E-state index in [4.69, 9.17) is 27.0 Å². The Morgan fingerprint density at radius 3 is 2.18 bits per heavy atom. The third-order valence-electron chi connectivity index (χ3n) is 1.61. The molecule has 7 nitrogen and oxygen atoms in total. The Morgan fingerprint density at radius 1 is 1.06 bits per heavy atom. The fourth-order valence-corrected chi connectivity index (χ4v) is 1.05. The lowest BCUT2D eigenvalue weighted by atomic mass is 10.2. The highest BCUT2D eigenvalue weighted by Gasteiger charge is 1.96. The minimum Gasteiger partial charge on any atom is -0.508 e. The Kier molecular flexibility index (Phi) is 3.84. The normalized spacial score (nSPS) is 10.7. The number of hydrogen-bond acceptors (Lipinski definition) is 5. The van der Waals surface area contributed by atoms with Crippen molar-refractivity contribution in [2.24, 2.45) is 0 Å². The molecule has 2 aromatic rings. The number of phenolic OH excluding ortho intramolecular Hbond substituents is 1. The van der Waals surface area contributed by atoms with Crippen LogP contribution in [-0.4, -0.2) is 22.6 Å². The lowest BCUT2D eigenvalue weighted by Crippen LogP contribution is -1.93. The summed E-state index contributed by atoms with van der Waals surface area (Å²) in [6.07, 6.45) is 0. The number of rotatable bonds is 0. The molecule has 0 saturated heterocycles. The van der Waals surface area contributed by atoms with Crippen LogP contribution in [0.3, 0.4) is 0 Å². The second-order valence-electron chi connectivity index (χ2n) is 2.92. The first-order valence-corrected chi connectivity index (χ1v) is 5.58. The zero-order valence-corrected chi connectivity index (χ0v) is 9.09. The molecule has 0 bridgehead atoms. The molecule has 92 valence electrons. The lowest BCUT2D eigenvalue weighted by molar-refractivity contribution is 0.381. The topological polar surface area (TPSA) is 125 Å². The number of phenols is 1. The fourth-order valence-electron chi connectivity index (χ4n) is 1.05. The third kappa shape index (κ3) is 5.11. The summed E-state index contributed by atoms with van der Waals surface area (Å²) in [5, 5.41) is 9.86. The van der Waals surface area contributed by atoms with Crippen LogP contribution in [-0.2, 0) is 10.4 Å². The molecule has 17 heavy (non-hydrogen) atoms. The Hall–Kier alpha value is -1.90. The van der Waals surface area contributed by atoms with E-state index in [1.807, 2.05) is 0 Å². The summed E-state index contributed by atoms with van der Waals surface area (Å²) in [5.41, 5.74) is -0.00407. The predicted molar refractivity (Wildman–Crippen MR) is 58.3 cm³/mol. The maximum absolute atomic E-state index is 10.7. The summed E-state index contributed by atoms with van der Waals surface area (Å²) in [6, 6.07) is 7.65. The van der Waals surface area contributed by atoms with Crippen molar-refractivity contribution in [3.8, 4) is 5.75 Å². The fraction of sp³-hybridized carbons (Fsp3) is 0. The van der Waals surface area contributed by atoms with E-state index in [0.717, 1.165) is 5.39 Å². The van der Waals surface area contributed by atoms with E-state index < -0.39 is 16.0 Å². The molecule has 1 heterocycles. The van der Waals surface area contributed by atoms with E-state index in [0.29, 0.717) is 5.58 Å². The first kappa shape index (κ1) is 13.2.